The van der Waals surface area contributed by atoms with Crippen molar-refractivity contribution in [3.63, 3.8) is 0 Å². The van der Waals surface area contributed by atoms with Crippen LogP contribution in [0.25, 0.3) is 0 Å². The van der Waals surface area contributed by atoms with Crippen molar-refractivity contribution in [3.8, 4) is 0 Å². The van der Waals surface area contributed by atoms with E-state index in [2.05, 4.69) is 0 Å². The summed E-state index contributed by atoms with van der Waals surface area (Å²) < 4.78 is 44.1. The van der Waals surface area contributed by atoms with Gasteiger partial charge in [0.1, 0.15) is 25.1 Å². The molecule has 4 radical (unpaired) electrons. The fourth-order valence-electron chi connectivity index (χ4n) is 2.44. The van der Waals surface area contributed by atoms with Gasteiger partial charge in [0, 0.05) is 206 Å². The van der Waals surface area contributed by atoms with Crippen LogP contribution in [-0.2, 0) is 18.3 Å². The maximum absolute atomic E-state index is 11.0. The molecular formula is C10H28K4N2O12P4. The number of nitrogens with zero attached hydrogens (tertiary/aromatic N) is 2. The van der Waals surface area contributed by atoms with Crippen molar-refractivity contribution < 1.29 is 57.4 Å². The standard InChI is InChI=1S/C10H28N2O12P4.4K/c13-25(14,15)7-11(8-26(16,17)18)5-3-1-2-4-6-12(9-27(19,20)21)10-28(22,23)24;;;;/h1-10H2,(H2,13,14,15)(H2,16,17,18)(H2,19,20,21)(H2,22,23,24);;;;. The van der Waals surface area contributed by atoms with Gasteiger partial charge < -0.3 is 39.1 Å². The van der Waals surface area contributed by atoms with Gasteiger partial charge in [-0.2, -0.15) is 0 Å². The van der Waals surface area contributed by atoms with Gasteiger partial charge in [-0.1, -0.05) is 12.8 Å². The Kier molecular flexibility index (Phi) is 36.0. The molecule has 0 rings (SSSR count). The Labute approximate surface area is 357 Å². The van der Waals surface area contributed by atoms with E-state index in [-0.39, 0.29) is 219 Å². The van der Waals surface area contributed by atoms with Crippen molar-refractivity contribution in [2.24, 2.45) is 0 Å². The summed E-state index contributed by atoms with van der Waals surface area (Å²) in [7, 11) is -18.0. The molecule has 0 aromatic rings. The van der Waals surface area contributed by atoms with Crippen LogP contribution in [0.3, 0.4) is 0 Å². The summed E-state index contributed by atoms with van der Waals surface area (Å²) in [5.74, 6) is 0. The molecule has 0 unspecified atom stereocenters. The normalized spacial score (nSPS) is 12.4. The minimum absolute atomic E-state index is 0. The Balaban J connectivity index is -0.000000607. The Morgan fingerprint density at radius 3 is 0.750 bits per heavy atom. The monoisotopic (exact) mass is 648 g/mol. The summed E-state index contributed by atoms with van der Waals surface area (Å²) in [6.45, 7) is 0.0375. The van der Waals surface area contributed by atoms with E-state index in [1.807, 2.05) is 0 Å². The van der Waals surface area contributed by atoms with E-state index >= 15 is 0 Å². The van der Waals surface area contributed by atoms with Gasteiger partial charge in [0.15, 0.2) is 0 Å². The van der Waals surface area contributed by atoms with Gasteiger partial charge in [-0.3, -0.25) is 28.1 Å². The van der Waals surface area contributed by atoms with Crippen LogP contribution in [0.2, 0.25) is 0 Å². The van der Waals surface area contributed by atoms with E-state index in [0.717, 1.165) is 9.80 Å². The van der Waals surface area contributed by atoms with E-state index in [9.17, 15) is 18.3 Å². The van der Waals surface area contributed by atoms with Crippen LogP contribution in [0.15, 0.2) is 0 Å². The molecule has 22 heteroatoms. The average molecular weight is 649 g/mol. The van der Waals surface area contributed by atoms with Gasteiger partial charge >= 0.3 is 30.4 Å². The Morgan fingerprint density at radius 2 is 0.594 bits per heavy atom. The molecule has 0 spiro atoms. The SMILES string of the molecule is O=P(O)(O)CN(CCCCCCN(CP(=O)(O)O)CP(=O)(O)O)CP(=O)(O)O.[K].[K].[K].[K]. The third-order valence-electron chi connectivity index (χ3n) is 3.24. The Hall–Kier alpha value is 7.07. The fraction of sp³-hybridized carbons (Fsp3) is 1.00. The van der Waals surface area contributed by atoms with Crippen molar-refractivity contribution in [2.75, 3.05) is 38.2 Å². The maximum atomic E-state index is 11.0. The second kappa shape index (κ2) is 23.6. The van der Waals surface area contributed by atoms with Crippen LogP contribution in [0.4, 0.5) is 0 Å². The molecule has 8 N–H and O–H groups in total. The molecule has 0 atom stereocenters. The molecule has 0 aromatic heterocycles. The van der Waals surface area contributed by atoms with Crippen LogP contribution in [0.5, 0.6) is 0 Å². The van der Waals surface area contributed by atoms with E-state index < -0.39 is 55.5 Å². The van der Waals surface area contributed by atoms with E-state index in [0.29, 0.717) is 25.7 Å². The molecule has 0 heterocycles. The van der Waals surface area contributed by atoms with Crippen LogP contribution >= 0.6 is 30.4 Å². The third-order valence-corrected chi connectivity index (χ3v) is 6.31. The van der Waals surface area contributed by atoms with E-state index in [4.69, 9.17) is 39.1 Å². The van der Waals surface area contributed by atoms with Crippen LogP contribution in [-0.4, -0.2) is 293 Å². The first kappa shape index (κ1) is 48.8. The number of rotatable bonds is 15. The number of unbranched alkanes of at least 4 members (excludes halogenated alkanes) is 3. The first-order chi connectivity index (χ1) is 12.4. The van der Waals surface area contributed by atoms with Crippen LogP contribution < -0.4 is 0 Å². The molecule has 0 aliphatic rings. The first-order valence-electron chi connectivity index (χ1n) is 7.99. The second-order valence-corrected chi connectivity index (χ2v) is 12.9. The van der Waals surface area contributed by atoms with Crippen molar-refractivity contribution in [2.45, 2.75) is 25.7 Å². The fourth-order valence-corrected chi connectivity index (χ4v) is 5.80. The van der Waals surface area contributed by atoms with Crippen molar-refractivity contribution >= 4 is 236 Å². The van der Waals surface area contributed by atoms with E-state index in [1.165, 1.54) is 0 Å². The molecule has 14 nitrogen and oxygen atoms in total. The molecule has 0 aliphatic carbocycles. The van der Waals surface area contributed by atoms with Gasteiger partial charge in [-0.15, -0.1) is 0 Å². The molecule has 0 saturated carbocycles. The van der Waals surface area contributed by atoms with Crippen molar-refractivity contribution in [3.05, 3.63) is 0 Å². The quantitative estimate of drug-likeness (QED) is 0.0554. The zero-order valence-electron chi connectivity index (χ0n) is 19.0. The zero-order valence-corrected chi connectivity index (χ0v) is 35.0. The molecule has 0 amide bonds. The van der Waals surface area contributed by atoms with Gasteiger partial charge in [-0.05, 0) is 25.9 Å². The largest absolute Gasteiger partial charge is 0.339 e. The molecular weight excluding hydrogens is 620 g/mol. The predicted octanol–water partition coefficient (Wildman–Crippen LogP) is -1.83. The van der Waals surface area contributed by atoms with Gasteiger partial charge in [0.05, 0.1) is 0 Å². The number of hydrogen-bond donors (Lipinski definition) is 8. The maximum Gasteiger partial charge on any atom is 0.339 e. The van der Waals surface area contributed by atoms with Crippen LogP contribution in [0.1, 0.15) is 25.7 Å². The Bertz CT molecular complexity index is 564. The first-order valence-corrected chi connectivity index (χ1v) is 15.2. The van der Waals surface area contributed by atoms with Crippen molar-refractivity contribution in [1.82, 2.24) is 9.80 Å². The van der Waals surface area contributed by atoms with Crippen molar-refractivity contribution in [1.29, 1.82) is 0 Å². The molecule has 0 fully saturated rings. The minimum atomic E-state index is -4.49. The summed E-state index contributed by atoms with van der Waals surface area (Å²) >= 11 is 0. The molecule has 0 aliphatic heterocycles. The van der Waals surface area contributed by atoms with Gasteiger partial charge in [0.2, 0.25) is 0 Å². The summed E-state index contributed by atoms with van der Waals surface area (Å²) in [5.41, 5.74) is 0. The molecule has 32 heavy (non-hydrogen) atoms. The second-order valence-electron chi connectivity index (χ2n) is 6.43. The van der Waals surface area contributed by atoms with Gasteiger partial charge in [0.25, 0.3) is 0 Å². The van der Waals surface area contributed by atoms with Gasteiger partial charge in [-0.25, -0.2) is 0 Å². The van der Waals surface area contributed by atoms with Crippen LogP contribution in [0, 0.1) is 0 Å². The number of hydrogen-bond acceptors (Lipinski definition) is 6. The zero-order chi connectivity index (χ0) is 22.2. The molecule has 174 valence electrons. The average Bonchev–Trinajstić information content (AvgIpc) is 2.34. The predicted molar refractivity (Wildman–Crippen MR) is 123 cm³/mol. The molecule has 0 aromatic carbocycles. The smallest absolute Gasteiger partial charge is 0.324 e. The summed E-state index contributed by atoms with van der Waals surface area (Å²) in [5, 5.41) is 0. The third kappa shape index (κ3) is 37.1. The molecule has 0 saturated heterocycles. The van der Waals surface area contributed by atoms with E-state index in [1.54, 1.807) is 0 Å². The summed E-state index contributed by atoms with van der Waals surface area (Å²) in [6, 6.07) is 0. The topological polar surface area (TPSA) is 237 Å². The summed E-state index contributed by atoms with van der Waals surface area (Å²) in [4.78, 5) is 73.6. The summed E-state index contributed by atoms with van der Waals surface area (Å²) in [6.07, 6.45) is -1.55. The Morgan fingerprint density at radius 1 is 0.406 bits per heavy atom. The minimum Gasteiger partial charge on any atom is -0.324 e. The molecule has 0 bridgehead atoms.